The van der Waals surface area contributed by atoms with Gasteiger partial charge in [0.25, 0.3) is 0 Å². The first-order valence-corrected chi connectivity index (χ1v) is 10.0. The number of aromatic nitrogens is 1. The second-order valence-corrected chi connectivity index (χ2v) is 8.04. The number of nitrogens with one attached hydrogen (secondary N) is 3. The van der Waals surface area contributed by atoms with Crippen LogP contribution in [-0.2, 0) is 21.2 Å². The highest BCUT2D eigenvalue weighted by molar-refractivity contribution is 7.89. The number of sulfonamides is 1. The van der Waals surface area contributed by atoms with Gasteiger partial charge in [0.1, 0.15) is 6.04 Å². The number of carbonyl (C=O) groups is 1. The number of fused-ring (bicyclic) bond motifs is 1. The summed E-state index contributed by atoms with van der Waals surface area (Å²) in [5, 5.41) is 3.75. The summed E-state index contributed by atoms with van der Waals surface area (Å²) < 4.78 is 26.6. The van der Waals surface area contributed by atoms with Crippen LogP contribution in [0.4, 0.5) is 5.69 Å². The summed E-state index contributed by atoms with van der Waals surface area (Å²) in [6.07, 6.45) is 2.07. The van der Waals surface area contributed by atoms with Gasteiger partial charge in [0.05, 0.1) is 5.75 Å². The molecule has 3 aromatic rings. The van der Waals surface area contributed by atoms with Crippen LogP contribution < -0.4 is 10.0 Å². The van der Waals surface area contributed by atoms with Crippen molar-refractivity contribution < 1.29 is 13.2 Å². The van der Waals surface area contributed by atoms with E-state index in [-0.39, 0.29) is 12.2 Å². The van der Waals surface area contributed by atoms with Crippen molar-refractivity contribution >= 4 is 32.5 Å². The summed E-state index contributed by atoms with van der Waals surface area (Å²) in [5.74, 6) is -0.478. The first kappa shape index (κ1) is 18.2. The maximum absolute atomic E-state index is 12.7. The maximum Gasteiger partial charge on any atom is 0.242 e. The van der Waals surface area contributed by atoms with Gasteiger partial charge in [-0.05, 0) is 37.1 Å². The Kier molecular flexibility index (Phi) is 5.39. The van der Waals surface area contributed by atoms with Crippen molar-refractivity contribution in [1.82, 2.24) is 9.71 Å². The van der Waals surface area contributed by atoms with Crippen LogP contribution in [0.25, 0.3) is 10.9 Å². The predicted octanol–water partition coefficient (Wildman–Crippen LogP) is 2.66. The van der Waals surface area contributed by atoms with E-state index in [0.29, 0.717) is 5.69 Å². The largest absolute Gasteiger partial charge is 0.361 e. The van der Waals surface area contributed by atoms with Crippen LogP contribution in [0.15, 0.2) is 60.8 Å². The minimum atomic E-state index is -3.53. The molecule has 0 radical (unpaired) electrons. The molecule has 7 heteroatoms. The standard InChI is InChI=1S/C19H21N3O3S/c1-2-26(24,25)22-18(19(23)21-15-8-4-3-5-9-15)12-14-13-20-17-11-7-6-10-16(14)17/h3-11,13,18,20,22H,2,12H2,1H3,(H,21,23)/t18-/m0/s1. The van der Waals surface area contributed by atoms with Gasteiger partial charge in [0.2, 0.25) is 15.9 Å². The molecular weight excluding hydrogens is 350 g/mol. The number of para-hydroxylation sites is 2. The highest BCUT2D eigenvalue weighted by atomic mass is 32.2. The Labute approximate surface area is 152 Å². The summed E-state index contributed by atoms with van der Waals surface area (Å²) in [6.45, 7) is 1.54. The molecular formula is C19H21N3O3S. The first-order chi connectivity index (χ1) is 12.5. The van der Waals surface area contributed by atoms with Crippen LogP contribution in [0.2, 0.25) is 0 Å². The lowest BCUT2D eigenvalue weighted by atomic mass is 10.0. The van der Waals surface area contributed by atoms with E-state index < -0.39 is 22.0 Å². The van der Waals surface area contributed by atoms with E-state index >= 15 is 0 Å². The fourth-order valence-corrected chi connectivity index (χ4v) is 3.55. The lowest BCUT2D eigenvalue weighted by Crippen LogP contribution is -2.45. The van der Waals surface area contributed by atoms with Crippen molar-refractivity contribution in [2.45, 2.75) is 19.4 Å². The van der Waals surface area contributed by atoms with Crippen molar-refractivity contribution in [3.05, 3.63) is 66.4 Å². The van der Waals surface area contributed by atoms with Crippen molar-refractivity contribution in [2.75, 3.05) is 11.1 Å². The summed E-state index contributed by atoms with van der Waals surface area (Å²) in [7, 11) is -3.53. The summed E-state index contributed by atoms with van der Waals surface area (Å²) >= 11 is 0. The molecule has 0 bridgehead atoms. The Balaban J connectivity index is 1.86. The Morgan fingerprint density at radius 2 is 1.77 bits per heavy atom. The Morgan fingerprint density at radius 3 is 2.50 bits per heavy atom. The molecule has 6 nitrogen and oxygen atoms in total. The van der Waals surface area contributed by atoms with Gasteiger partial charge in [-0.2, -0.15) is 0 Å². The molecule has 0 spiro atoms. The van der Waals surface area contributed by atoms with Crippen LogP contribution in [0.3, 0.4) is 0 Å². The molecule has 1 heterocycles. The molecule has 0 saturated carbocycles. The second kappa shape index (κ2) is 7.72. The first-order valence-electron chi connectivity index (χ1n) is 8.39. The molecule has 136 valence electrons. The lowest BCUT2D eigenvalue weighted by molar-refractivity contribution is -0.117. The van der Waals surface area contributed by atoms with Crippen LogP contribution in [0, 0.1) is 0 Å². The van der Waals surface area contributed by atoms with Crippen LogP contribution in [0.5, 0.6) is 0 Å². The smallest absolute Gasteiger partial charge is 0.242 e. The summed E-state index contributed by atoms with van der Waals surface area (Å²) in [4.78, 5) is 15.9. The number of aromatic amines is 1. The number of hydrogen-bond donors (Lipinski definition) is 3. The molecule has 3 rings (SSSR count). The van der Waals surface area contributed by atoms with Crippen LogP contribution in [0.1, 0.15) is 12.5 Å². The van der Waals surface area contributed by atoms with Gasteiger partial charge in [0, 0.05) is 22.8 Å². The minimum absolute atomic E-state index is 0.0873. The molecule has 0 saturated heterocycles. The number of carbonyl (C=O) groups excluding carboxylic acids is 1. The van der Waals surface area contributed by atoms with Crippen molar-refractivity contribution in [3.8, 4) is 0 Å². The van der Waals surface area contributed by atoms with Gasteiger partial charge in [-0.15, -0.1) is 0 Å². The number of amides is 1. The molecule has 0 aliphatic carbocycles. The van der Waals surface area contributed by atoms with E-state index in [1.807, 2.05) is 36.5 Å². The third-order valence-electron chi connectivity index (χ3n) is 4.16. The second-order valence-electron chi connectivity index (χ2n) is 5.99. The Hall–Kier alpha value is -2.64. The zero-order valence-corrected chi connectivity index (χ0v) is 15.2. The normalized spacial score (nSPS) is 12.8. The Morgan fingerprint density at radius 1 is 1.08 bits per heavy atom. The van der Waals surface area contributed by atoms with E-state index in [9.17, 15) is 13.2 Å². The third-order valence-corrected chi connectivity index (χ3v) is 5.56. The molecule has 26 heavy (non-hydrogen) atoms. The zero-order valence-electron chi connectivity index (χ0n) is 14.4. The van der Waals surface area contributed by atoms with E-state index in [1.54, 1.807) is 31.2 Å². The van der Waals surface area contributed by atoms with Crippen molar-refractivity contribution in [1.29, 1.82) is 0 Å². The van der Waals surface area contributed by atoms with Crippen LogP contribution in [-0.4, -0.2) is 31.1 Å². The number of rotatable bonds is 7. The fraction of sp³-hybridized carbons (Fsp3) is 0.211. The summed E-state index contributed by atoms with van der Waals surface area (Å²) in [6, 6.07) is 15.8. The molecule has 0 unspecified atom stereocenters. The SMILES string of the molecule is CCS(=O)(=O)N[C@@H](Cc1c[nH]c2ccccc12)C(=O)Nc1ccccc1. The third kappa shape index (κ3) is 4.30. The average molecular weight is 371 g/mol. The lowest BCUT2D eigenvalue weighted by Gasteiger charge is -2.18. The quantitative estimate of drug-likeness (QED) is 0.596. The highest BCUT2D eigenvalue weighted by Gasteiger charge is 2.25. The maximum atomic E-state index is 12.7. The molecule has 1 aromatic heterocycles. The van der Waals surface area contributed by atoms with E-state index in [0.717, 1.165) is 16.5 Å². The zero-order chi connectivity index (χ0) is 18.6. The number of benzene rings is 2. The topological polar surface area (TPSA) is 91.1 Å². The minimum Gasteiger partial charge on any atom is -0.361 e. The fourth-order valence-electron chi connectivity index (χ4n) is 2.76. The molecule has 1 amide bonds. The molecule has 0 aliphatic rings. The Bertz CT molecular complexity index is 997. The van der Waals surface area contributed by atoms with Gasteiger partial charge in [0.15, 0.2) is 0 Å². The average Bonchev–Trinajstić information content (AvgIpc) is 3.05. The molecule has 1 atom stereocenters. The van der Waals surface area contributed by atoms with Gasteiger partial charge in [-0.25, -0.2) is 13.1 Å². The van der Waals surface area contributed by atoms with Crippen LogP contribution >= 0.6 is 0 Å². The van der Waals surface area contributed by atoms with Gasteiger partial charge >= 0.3 is 0 Å². The van der Waals surface area contributed by atoms with Crippen molar-refractivity contribution in [2.24, 2.45) is 0 Å². The summed E-state index contributed by atoms with van der Waals surface area (Å²) in [5.41, 5.74) is 2.45. The van der Waals surface area contributed by atoms with Gasteiger partial charge < -0.3 is 10.3 Å². The van der Waals surface area contributed by atoms with Gasteiger partial charge in [-0.1, -0.05) is 36.4 Å². The number of anilines is 1. The molecule has 3 N–H and O–H groups in total. The molecule has 0 aliphatic heterocycles. The highest BCUT2D eigenvalue weighted by Crippen LogP contribution is 2.20. The van der Waals surface area contributed by atoms with Crippen molar-refractivity contribution in [3.63, 3.8) is 0 Å². The van der Waals surface area contributed by atoms with E-state index in [4.69, 9.17) is 0 Å². The predicted molar refractivity (Wildman–Crippen MR) is 103 cm³/mol. The monoisotopic (exact) mass is 371 g/mol. The number of hydrogen-bond acceptors (Lipinski definition) is 3. The number of H-pyrrole nitrogens is 1. The van der Waals surface area contributed by atoms with E-state index in [2.05, 4.69) is 15.0 Å². The molecule has 0 fully saturated rings. The van der Waals surface area contributed by atoms with Gasteiger partial charge in [-0.3, -0.25) is 4.79 Å². The molecule has 2 aromatic carbocycles. The van der Waals surface area contributed by atoms with E-state index in [1.165, 1.54) is 0 Å².